The number of nitrogens with zero attached hydrogens (tertiary/aromatic N) is 2. The minimum Gasteiger partial charge on any atom is -0.473 e. The van der Waals surface area contributed by atoms with Gasteiger partial charge in [-0.3, -0.25) is 10.00 Å². The Morgan fingerprint density at radius 2 is 1.41 bits per heavy atom. The van der Waals surface area contributed by atoms with Crippen molar-refractivity contribution in [3.05, 3.63) is 76.9 Å². The van der Waals surface area contributed by atoms with Crippen molar-refractivity contribution in [2.45, 2.75) is 25.4 Å². The van der Waals surface area contributed by atoms with Crippen molar-refractivity contribution in [3.8, 4) is 11.3 Å². The van der Waals surface area contributed by atoms with E-state index in [2.05, 4.69) is 50.7 Å². The smallest absolute Gasteiger partial charge is 0.414 e. The number of carboxylic acid groups (broad SMARTS) is 4. The van der Waals surface area contributed by atoms with E-state index in [0.717, 1.165) is 29.4 Å². The number of aromatic nitrogens is 2. The highest BCUT2D eigenvalue weighted by Gasteiger charge is 2.23. The van der Waals surface area contributed by atoms with Gasteiger partial charge in [0.15, 0.2) is 0 Å². The van der Waals surface area contributed by atoms with E-state index in [1.165, 1.54) is 37.1 Å². The molecule has 1 atom stereocenters. The minimum atomic E-state index is -1.82. The van der Waals surface area contributed by atoms with Crippen LogP contribution in [0.2, 0.25) is 5.02 Å². The molecule has 0 saturated carbocycles. The molecule has 1 aliphatic heterocycles. The van der Waals surface area contributed by atoms with Gasteiger partial charge in [0.1, 0.15) is 0 Å². The van der Waals surface area contributed by atoms with Crippen molar-refractivity contribution in [1.82, 2.24) is 20.4 Å². The first-order valence-electron chi connectivity index (χ1n) is 11.8. The fourth-order valence-corrected chi connectivity index (χ4v) is 3.97. The minimum absolute atomic E-state index is 0.416. The number of rotatable bonds is 7. The Hall–Kier alpha value is -4.26. The molecule has 0 bridgehead atoms. The van der Waals surface area contributed by atoms with Crippen LogP contribution in [0.1, 0.15) is 30.0 Å². The van der Waals surface area contributed by atoms with Crippen LogP contribution in [0.5, 0.6) is 0 Å². The van der Waals surface area contributed by atoms with Crippen LogP contribution in [0, 0.1) is 0 Å². The van der Waals surface area contributed by atoms with Gasteiger partial charge in [0, 0.05) is 29.7 Å². The summed E-state index contributed by atoms with van der Waals surface area (Å²) in [6.45, 7) is 4.08. The highest BCUT2D eigenvalue weighted by Crippen LogP contribution is 2.26. The Labute approximate surface area is 228 Å². The van der Waals surface area contributed by atoms with Gasteiger partial charge in [-0.1, -0.05) is 54.1 Å². The zero-order chi connectivity index (χ0) is 28.8. The first-order valence-corrected chi connectivity index (χ1v) is 12.2. The van der Waals surface area contributed by atoms with Gasteiger partial charge in [0.2, 0.25) is 0 Å². The van der Waals surface area contributed by atoms with E-state index in [9.17, 15) is 0 Å². The molecule has 2 aromatic carbocycles. The fourth-order valence-electron chi connectivity index (χ4n) is 3.84. The number of hydrogen-bond acceptors (Lipinski definition) is 7. The number of aliphatic carboxylic acids is 4. The van der Waals surface area contributed by atoms with Gasteiger partial charge in [-0.05, 0) is 49.2 Å². The van der Waals surface area contributed by atoms with Crippen molar-refractivity contribution in [2.24, 2.45) is 0 Å². The Morgan fingerprint density at radius 1 is 0.872 bits per heavy atom. The maximum atomic E-state index is 9.10. The summed E-state index contributed by atoms with van der Waals surface area (Å²) < 4.78 is 0. The summed E-state index contributed by atoms with van der Waals surface area (Å²) in [5, 5.41) is 41.3. The van der Waals surface area contributed by atoms with E-state index >= 15 is 0 Å². The molecule has 39 heavy (non-hydrogen) atoms. The average molecular weight is 561 g/mol. The quantitative estimate of drug-likeness (QED) is 0.233. The summed E-state index contributed by atoms with van der Waals surface area (Å²) in [6, 6.07) is 19.1. The van der Waals surface area contributed by atoms with Crippen LogP contribution in [0.15, 0.2) is 60.8 Å². The molecule has 1 saturated heterocycles. The van der Waals surface area contributed by atoms with E-state index in [0.29, 0.717) is 6.04 Å². The molecule has 6 N–H and O–H groups in total. The average Bonchev–Trinajstić information content (AvgIpc) is 3.61. The van der Waals surface area contributed by atoms with Crippen LogP contribution in [0.4, 0.5) is 0 Å². The van der Waals surface area contributed by atoms with Crippen molar-refractivity contribution >= 4 is 35.5 Å². The topological polar surface area (TPSA) is 193 Å². The molecule has 4 rings (SSSR count). The maximum Gasteiger partial charge on any atom is 0.414 e. The Balaban J connectivity index is 0.000000374. The van der Waals surface area contributed by atoms with Crippen molar-refractivity contribution in [3.63, 3.8) is 0 Å². The van der Waals surface area contributed by atoms with Gasteiger partial charge in [-0.15, -0.1) is 0 Å². The molecule has 0 aliphatic carbocycles. The number of carboxylic acids is 4. The van der Waals surface area contributed by atoms with Crippen LogP contribution in [-0.2, 0) is 25.7 Å². The van der Waals surface area contributed by atoms with E-state index in [-0.39, 0.29) is 0 Å². The Kier molecular flexibility index (Phi) is 12.6. The standard InChI is InChI=1S/C22H25ClN4.2C2H2O4/c23-20-10-8-18(9-11-20)22-19(15-25-26-22)14-24-16-21(27-12-4-5-13-27)17-6-2-1-3-7-17;2*3-1(4)2(5)6/h1-3,6-11,15,21,24H,4-5,12-14,16H2,(H,25,26);2*(H,3,4)(H,5,6). The lowest BCUT2D eigenvalue weighted by Gasteiger charge is -2.28. The number of aromatic amines is 1. The van der Waals surface area contributed by atoms with Crippen LogP contribution >= 0.6 is 11.6 Å². The number of carbonyl (C=O) groups is 4. The summed E-state index contributed by atoms with van der Waals surface area (Å²) in [6.07, 6.45) is 4.50. The molecule has 208 valence electrons. The maximum absolute atomic E-state index is 9.10. The number of H-pyrrole nitrogens is 1. The lowest BCUT2D eigenvalue weighted by molar-refractivity contribution is -0.159. The molecule has 1 unspecified atom stereocenters. The molecule has 0 spiro atoms. The third-order valence-corrected chi connectivity index (χ3v) is 5.89. The highest BCUT2D eigenvalue weighted by atomic mass is 35.5. The summed E-state index contributed by atoms with van der Waals surface area (Å²) >= 11 is 6.01. The SMILES string of the molecule is Clc1ccc(-c2[nH]ncc2CNCC(c2ccccc2)N2CCCC2)cc1.O=C(O)C(=O)O.O=C(O)C(=O)O. The summed E-state index contributed by atoms with van der Waals surface area (Å²) in [4.78, 5) is 39.0. The molecular weight excluding hydrogens is 532 g/mol. The lowest BCUT2D eigenvalue weighted by atomic mass is 10.0. The predicted molar refractivity (Wildman–Crippen MR) is 141 cm³/mol. The van der Waals surface area contributed by atoms with Gasteiger partial charge < -0.3 is 25.7 Å². The molecule has 0 radical (unpaired) electrons. The van der Waals surface area contributed by atoms with E-state index in [4.69, 9.17) is 51.2 Å². The van der Waals surface area contributed by atoms with E-state index in [1.807, 2.05) is 30.5 Å². The lowest BCUT2D eigenvalue weighted by Crippen LogP contribution is -2.34. The molecule has 13 heteroatoms. The van der Waals surface area contributed by atoms with Crippen LogP contribution < -0.4 is 5.32 Å². The molecule has 1 aliphatic rings. The zero-order valence-electron chi connectivity index (χ0n) is 20.8. The van der Waals surface area contributed by atoms with E-state index in [1.54, 1.807) is 0 Å². The highest BCUT2D eigenvalue weighted by molar-refractivity contribution is 6.30. The summed E-state index contributed by atoms with van der Waals surface area (Å²) in [5.74, 6) is -7.30. The molecular formula is C26H29ClN4O8. The Morgan fingerprint density at radius 3 is 1.92 bits per heavy atom. The first-order chi connectivity index (χ1) is 18.6. The molecule has 1 fully saturated rings. The van der Waals surface area contributed by atoms with Gasteiger partial charge in [-0.25, -0.2) is 19.2 Å². The summed E-state index contributed by atoms with van der Waals surface area (Å²) in [5.41, 5.74) is 4.71. The molecule has 12 nitrogen and oxygen atoms in total. The number of hydrogen-bond donors (Lipinski definition) is 6. The van der Waals surface area contributed by atoms with Gasteiger partial charge in [-0.2, -0.15) is 5.10 Å². The first kappa shape index (κ1) is 31.0. The predicted octanol–water partition coefficient (Wildman–Crippen LogP) is 2.97. The zero-order valence-corrected chi connectivity index (χ0v) is 21.5. The number of benzene rings is 2. The largest absolute Gasteiger partial charge is 0.473 e. The number of nitrogens with one attached hydrogen (secondary N) is 2. The normalized spacial score (nSPS) is 13.3. The van der Waals surface area contributed by atoms with E-state index < -0.39 is 23.9 Å². The van der Waals surface area contributed by atoms with Crippen LogP contribution in [-0.4, -0.2) is 79.0 Å². The monoisotopic (exact) mass is 560 g/mol. The fraction of sp³-hybridized carbons (Fsp3) is 0.269. The van der Waals surface area contributed by atoms with Gasteiger partial charge in [0.05, 0.1) is 11.9 Å². The van der Waals surface area contributed by atoms with Crippen molar-refractivity contribution in [1.29, 1.82) is 0 Å². The molecule has 0 amide bonds. The molecule has 1 aromatic heterocycles. The second-order valence-electron chi connectivity index (χ2n) is 8.30. The number of likely N-dealkylation sites (tertiary alicyclic amines) is 1. The summed E-state index contributed by atoms with van der Waals surface area (Å²) in [7, 11) is 0. The number of halogens is 1. The molecule has 2 heterocycles. The molecule has 3 aromatic rings. The van der Waals surface area contributed by atoms with Gasteiger partial charge >= 0.3 is 23.9 Å². The Bertz CT molecular complexity index is 1180. The van der Waals surface area contributed by atoms with Gasteiger partial charge in [0.25, 0.3) is 0 Å². The van der Waals surface area contributed by atoms with Crippen LogP contribution in [0.25, 0.3) is 11.3 Å². The second-order valence-corrected chi connectivity index (χ2v) is 8.73. The third-order valence-electron chi connectivity index (χ3n) is 5.64. The second kappa shape index (κ2) is 15.9. The third kappa shape index (κ3) is 10.6. The van der Waals surface area contributed by atoms with Crippen LogP contribution in [0.3, 0.4) is 0 Å². The van der Waals surface area contributed by atoms with Crippen molar-refractivity contribution < 1.29 is 39.6 Å². The van der Waals surface area contributed by atoms with Crippen molar-refractivity contribution in [2.75, 3.05) is 19.6 Å².